The molecule has 0 aromatic heterocycles. The lowest BCUT2D eigenvalue weighted by Gasteiger charge is -2.36. The van der Waals surface area contributed by atoms with Gasteiger partial charge in [0, 0.05) is 29.1 Å². The van der Waals surface area contributed by atoms with Gasteiger partial charge in [-0.15, -0.1) is 0 Å². The molecule has 3 rings (SSSR count). The Hall–Kier alpha value is -0.380. The molecule has 0 spiro atoms. The maximum Gasteiger partial charge on any atom is 0.0349 e. The van der Waals surface area contributed by atoms with E-state index in [0.717, 1.165) is 6.04 Å². The highest BCUT2D eigenvalue weighted by Crippen LogP contribution is 2.37. The second-order valence-electron chi connectivity index (χ2n) is 6.55. The summed E-state index contributed by atoms with van der Waals surface area (Å²) in [7, 11) is 0. The molecule has 1 aliphatic heterocycles. The summed E-state index contributed by atoms with van der Waals surface area (Å²) in [5, 5.41) is 3.72. The van der Waals surface area contributed by atoms with Crippen LogP contribution in [0.2, 0.25) is 0 Å². The molecular formula is C18H27BrN2. The molecular weight excluding hydrogens is 324 g/mol. The average molecular weight is 351 g/mol. The van der Waals surface area contributed by atoms with Crippen LogP contribution >= 0.6 is 15.9 Å². The monoisotopic (exact) mass is 350 g/mol. The molecule has 2 nitrogen and oxygen atoms in total. The quantitative estimate of drug-likeness (QED) is 0.811. The van der Waals surface area contributed by atoms with Crippen LogP contribution in [0, 0.1) is 0 Å². The first-order valence-electron chi connectivity index (χ1n) is 8.52. The Morgan fingerprint density at radius 2 is 2.14 bits per heavy atom. The SMILES string of the molecule is CCC(c1cccc(Br)c1)N(CC1CCCCN1)C1CC1. The smallest absolute Gasteiger partial charge is 0.0349 e. The van der Waals surface area contributed by atoms with Crippen molar-refractivity contribution < 1.29 is 0 Å². The Balaban J connectivity index is 1.74. The lowest BCUT2D eigenvalue weighted by molar-refractivity contribution is 0.152. The Labute approximate surface area is 137 Å². The third-order valence-corrected chi connectivity index (χ3v) is 5.37. The standard InChI is InChI=1S/C18H27BrN2/c1-2-18(14-6-5-7-15(19)12-14)21(17-9-10-17)13-16-8-3-4-11-20-16/h5-7,12,16-18,20H,2-4,8-11,13H2,1H3. The van der Waals surface area contributed by atoms with E-state index in [1.165, 1.54) is 61.7 Å². The molecule has 1 saturated carbocycles. The molecule has 1 aromatic rings. The third-order valence-electron chi connectivity index (χ3n) is 4.88. The van der Waals surface area contributed by atoms with E-state index < -0.39 is 0 Å². The summed E-state index contributed by atoms with van der Waals surface area (Å²) in [4.78, 5) is 2.78. The summed E-state index contributed by atoms with van der Waals surface area (Å²) < 4.78 is 1.20. The minimum absolute atomic E-state index is 0.568. The predicted molar refractivity (Wildman–Crippen MR) is 92.5 cm³/mol. The molecule has 2 aliphatic rings. The largest absolute Gasteiger partial charge is 0.313 e. The number of halogens is 1. The zero-order valence-corrected chi connectivity index (χ0v) is 14.6. The van der Waals surface area contributed by atoms with E-state index in [1.807, 2.05) is 0 Å². The highest BCUT2D eigenvalue weighted by atomic mass is 79.9. The Morgan fingerprint density at radius 1 is 1.29 bits per heavy atom. The minimum atomic E-state index is 0.568. The zero-order chi connectivity index (χ0) is 14.7. The summed E-state index contributed by atoms with van der Waals surface area (Å²) >= 11 is 3.63. The third kappa shape index (κ3) is 4.08. The number of hydrogen-bond acceptors (Lipinski definition) is 2. The fourth-order valence-corrected chi connectivity index (χ4v) is 4.06. The summed E-state index contributed by atoms with van der Waals surface area (Å²) in [6.45, 7) is 4.75. The van der Waals surface area contributed by atoms with Gasteiger partial charge in [0.15, 0.2) is 0 Å². The van der Waals surface area contributed by atoms with Gasteiger partial charge >= 0.3 is 0 Å². The predicted octanol–water partition coefficient (Wildman–Crippen LogP) is 4.51. The Bertz CT molecular complexity index is 452. The fourth-order valence-electron chi connectivity index (χ4n) is 3.65. The van der Waals surface area contributed by atoms with E-state index in [-0.39, 0.29) is 0 Å². The van der Waals surface area contributed by atoms with Gasteiger partial charge in [-0.3, -0.25) is 4.90 Å². The highest BCUT2D eigenvalue weighted by molar-refractivity contribution is 9.10. The van der Waals surface area contributed by atoms with Gasteiger partial charge in [0.05, 0.1) is 0 Å². The van der Waals surface area contributed by atoms with Gasteiger partial charge in [-0.25, -0.2) is 0 Å². The number of nitrogens with zero attached hydrogens (tertiary/aromatic N) is 1. The Kier molecular flexibility index (Phi) is 5.36. The Morgan fingerprint density at radius 3 is 2.76 bits per heavy atom. The molecule has 0 amide bonds. The molecule has 0 radical (unpaired) electrons. The van der Waals surface area contributed by atoms with Crippen LogP contribution in [0.4, 0.5) is 0 Å². The normalized spacial score (nSPS) is 24.2. The van der Waals surface area contributed by atoms with Gasteiger partial charge in [-0.1, -0.05) is 41.4 Å². The molecule has 1 aliphatic carbocycles. The van der Waals surface area contributed by atoms with Crippen molar-refractivity contribution in [2.75, 3.05) is 13.1 Å². The number of rotatable bonds is 6. The molecule has 2 unspecified atom stereocenters. The van der Waals surface area contributed by atoms with Gasteiger partial charge in [0.1, 0.15) is 0 Å². The average Bonchev–Trinajstić information content (AvgIpc) is 3.33. The van der Waals surface area contributed by atoms with Crippen LogP contribution in [0.1, 0.15) is 57.1 Å². The van der Waals surface area contributed by atoms with Crippen LogP contribution in [0.15, 0.2) is 28.7 Å². The van der Waals surface area contributed by atoms with Gasteiger partial charge in [-0.05, 0) is 56.3 Å². The van der Waals surface area contributed by atoms with E-state index in [0.29, 0.717) is 12.1 Å². The second kappa shape index (κ2) is 7.26. The maximum atomic E-state index is 3.72. The topological polar surface area (TPSA) is 15.3 Å². The van der Waals surface area contributed by atoms with Crippen molar-refractivity contribution in [3.8, 4) is 0 Å². The number of nitrogens with one attached hydrogen (secondary N) is 1. The van der Waals surface area contributed by atoms with Crippen LogP contribution in [-0.2, 0) is 0 Å². The molecule has 1 aromatic carbocycles. The molecule has 3 heteroatoms. The van der Waals surface area contributed by atoms with Gasteiger partial charge in [0.2, 0.25) is 0 Å². The minimum Gasteiger partial charge on any atom is -0.313 e. The van der Waals surface area contributed by atoms with E-state index in [9.17, 15) is 0 Å². The molecule has 21 heavy (non-hydrogen) atoms. The summed E-state index contributed by atoms with van der Waals surface area (Å²) in [5.41, 5.74) is 1.47. The van der Waals surface area contributed by atoms with Crippen molar-refractivity contribution in [1.29, 1.82) is 0 Å². The summed E-state index contributed by atoms with van der Waals surface area (Å²) in [5.74, 6) is 0. The van der Waals surface area contributed by atoms with Crippen molar-refractivity contribution in [2.45, 2.75) is 63.6 Å². The molecule has 2 fully saturated rings. The maximum absolute atomic E-state index is 3.72. The van der Waals surface area contributed by atoms with Crippen LogP contribution in [-0.4, -0.2) is 30.1 Å². The van der Waals surface area contributed by atoms with Crippen molar-refractivity contribution >= 4 is 15.9 Å². The van der Waals surface area contributed by atoms with Crippen molar-refractivity contribution in [3.63, 3.8) is 0 Å². The lowest BCUT2D eigenvalue weighted by atomic mass is 9.99. The molecule has 1 saturated heterocycles. The second-order valence-corrected chi connectivity index (χ2v) is 7.47. The van der Waals surface area contributed by atoms with Crippen molar-refractivity contribution in [3.05, 3.63) is 34.3 Å². The van der Waals surface area contributed by atoms with E-state index in [2.05, 4.69) is 57.3 Å². The molecule has 116 valence electrons. The van der Waals surface area contributed by atoms with Crippen LogP contribution in [0.25, 0.3) is 0 Å². The molecule has 0 bridgehead atoms. The first-order chi connectivity index (χ1) is 10.3. The number of hydrogen-bond donors (Lipinski definition) is 1. The molecule has 1 N–H and O–H groups in total. The van der Waals surface area contributed by atoms with Crippen LogP contribution in [0.3, 0.4) is 0 Å². The fraction of sp³-hybridized carbons (Fsp3) is 0.667. The zero-order valence-electron chi connectivity index (χ0n) is 13.0. The van der Waals surface area contributed by atoms with Crippen LogP contribution in [0.5, 0.6) is 0 Å². The van der Waals surface area contributed by atoms with Gasteiger partial charge in [0.25, 0.3) is 0 Å². The van der Waals surface area contributed by atoms with Crippen LogP contribution < -0.4 is 5.32 Å². The van der Waals surface area contributed by atoms with Crippen molar-refractivity contribution in [1.82, 2.24) is 10.2 Å². The number of piperidine rings is 1. The van der Waals surface area contributed by atoms with E-state index >= 15 is 0 Å². The number of benzene rings is 1. The first-order valence-corrected chi connectivity index (χ1v) is 9.32. The van der Waals surface area contributed by atoms with E-state index in [1.54, 1.807) is 0 Å². The molecule has 2 atom stereocenters. The summed E-state index contributed by atoms with van der Waals surface area (Å²) in [6, 6.07) is 11.0. The summed E-state index contributed by atoms with van der Waals surface area (Å²) in [6.07, 6.45) is 8.05. The highest BCUT2D eigenvalue weighted by Gasteiger charge is 2.35. The first kappa shape index (κ1) is 15.5. The molecule has 1 heterocycles. The van der Waals surface area contributed by atoms with Gasteiger partial charge in [-0.2, -0.15) is 0 Å². The van der Waals surface area contributed by atoms with E-state index in [4.69, 9.17) is 0 Å². The lowest BCUT2D eigenvalue weighted by Crippen LogP contribution is -2.45. The van der Waals surface area contributed by atoms with Gasteiger partial charge < -0.3 is 5.32 Å². The van der Waals surface area contributed by atoms with Crippen molar-refractivity contribution in [2.24, 2.45) is 0 Å².